The first-order valence-corrected chi connectivity index (χ1v) is 8.20. The van der Waals surface area contributed by atoms with E-state index < -0.39 is 0 Å². The van der Waals surface area contributed by atoms with E-state index in [-0.39, 0.29) is 6.03 Å². The highest BCUT2D eigenvalue weighted by Gasteiger charge is 2.23. The Labute approximate surface area is 146 Å². The lowest BCUT2D eigenvalue weighted by atomic mass is 10.2. The number of carbonyl (C=O) groups excluding carboxylic acids is 1. The minimum absolute atomic E-state index is 0.0792. The monoisotopic (exact) mass is 339 g/mol. The molecular weight excluding hydrogens is 318 g/mol. The summed E-state index contributed by atoms with van der Waals surface area (Å²) in [5.41, 5.74) is 2.62. The smallest absolute Gasteiger partial charge is 0.317 e. The minimum atomic E-state index is -0.0792. The maximum absolute atomic E-state index is 12.4. The lowest BCUT2D eigenvalue weighted by Gasteiger charge is -2.35. The Morgan fingerprint density at radius 1 is 1.36 bits per heavy atom. The Morgan fingerprint density at radius 2 is 2.12 bits per heavy atom. The van der Waals surface area contributed by atoms with E-state index in [1.807, 2.05) is 18.9 Å². The second kappa shape index (κ2) is 7.21. The molecular formula is C17H21N7O. The van der Waals surface area contributed by atoms with Crippen LogP contribution in [0.1, 0.15) is 16.8 Å². The second-order valence-electron chi connectivity index (χ2n) is 6.00. The highest BCUT2D eigenvalue weighted by Crippen LogP contribution is 2.18. The first-order valence-electron chi connectivity index (χ1n) is 8.20. The summed E-state index contributed by atoms with van der Waals surface area (Å²) in [6.07, 6.45) is 3.46. The summed E-state index contributed by atoms with van der Waals surface area (Å²) in [6, 6.07) is 5.61. The van der Waals surface area contributed by atoms with Crippen LogP contribution in [0, 0.1) is 18.3 Å². The second-order valence-corrected chi connectivity index (χ2v) is 6.00. The van der Waals surface area contributed by atoms with E-state index in [0.29, 0.717) is 44.1 Å². The van der Waals surface area contributed by atoms with E-state index in [1.54, 1.807) is 34.1 Å². The Bertz CT molecular complexity index is 800. The van der Waals surface area contributed by atoms with Gasteiger partial charge in [0.25, 0.3) is 0 Å². The number of hydrogen-bond donors (Lipinski definition) is 1. The Kier molecular flexibility index (Phi) is 4.84. The van der Waals surface area contributed by atoms with E-state index in [9.17, 15) is 10.1 Å². The predicted octanol–water partition coefficient (Wildman–Crippen LogP) is 1.03. The van der Waals surface area contributed by atoms with Crippen LogP contribution < -0.4 is 10.2 Å². The summed E-state index contributed by atoms with van der Waals surface area (Å²) >= 11 is 0. The number of urea groups is 1. The summed E-state index contributed by atoms with van der Waals surface area (Å²) in [5.74, 6) is 0.691. The highest BCUT2D eigenvalue weighted by molar-refractivity contribution is 5.74. The number of amides is 2. The molecule has 2 aromatic rings. The number of aryl methyl sites for hydroxylation is 1. The summed E-state index contributed by atoms with van der Waals surface area (Å²) < 4.78 is 1.79. The molecule has 130 valence electrons. The number of nitrogens with zero attached hydrogens (tertiary/aromatic N) is 6. The molecule has 1 aliphatic rings. The van der Waals surface area contributed by atoms with Gasteiger partial charge in [0.05, 0.1) is 11.8 Å². The average molecular weight is 339 g/mol. The molecule has 1 N–H and O–H groups in total. The van der Waals surface area contributed by atoms with Gasteiger partial charge in [0.15, 0.2) is 0 Å². The molecule has 0 aliphatic carbocycles. The first kappa shape index (κ1) is 16.8. The zero-order valence-electron chi connectivity index (χ0n) is 14.4. The van der Waals surface area contributed by atoms with E-state index in [4.69, 9.17) is 0 Å². The number of carbonyl (C=O) groups is 1. The lowest BCUT2D eigenvalue weighted by Crippen LogP contribution is -2.52. The van der Waals surface area contributed by atoms with Gasteiger partial charge in [0.1, 0.15) is 11.9 Å². The molecule has 0 spiro atoms. The van der Waals surface area contributed by atoms with Crippen LogP contribution in [0.4, 0.5) is 10.6 Å². The Morgan fingerprint density at radius 3 is 2.76 bits per heavy atom. The van der Waals surface area contributed by atoms with E-state index in [1.165, 1.54) is 0 Å². The minimum Gasteiger partial charge on any atom is -0.352 e. The maximum Gasteiger partial charge on any atom is 0.317 e. The number of nitriles is 1. The van der Waals surface area contributed by atoms with Gasteiger partial charge in [-0.3, -0.25) is 4.68 Å². The molecule has 8 heteroatoms. The molecule has 0 bridgehead atoms. The van der Waals surface area contributed by atoms with E-state index in [0.717, 1.165) is 11.3 Å². The quantitative estimate of drug-likeness (QED) is 0.902. The van der Waals surface area contributed by atoms with Crippen molar-refractivity contribution in [3.8, 4) is 6.07 Å². The molecule has 1 fully saturated rings. The lowest BCUT2D eigenvalue weighted by molar-refractivity contribution is 0.194. The third-order valence-corrected chi connectivity index (χ3v) is 4.54. The molecule has 0 unspecified atom stereocenters. The van der Waals surface area contributed by atoms with Gasteiger partial charge in [-0.15, -0.1) is 0 Å². The summed E-state index contributed by atoms with van der Waals surface area (Å²) in [6.45, 7) is 4.96. The van der Waals surface area contributed by atoms with Gasteiger partial charge >= 0.3 is 6.03 Å². The van der Waals surface area contributed by atoms with Gasteiger partial charge in [-0.2, -0.15) is 10.4 Å². The molecule has 2 aromatic heterocycles. The highest BCUT2D eigenvalue weighted by atomic mass is 16.2. The SMILES string of the molecule is Cc1c(CNC(=O)N2CCN(c3ncccc3C#N)CC2)cnn1C. The fraction of sp³-hybridized carbons (Fsp3) is 0.412. The maximum atomic E-state index is 12.4. The molecule has 2 amide bonds. The number of aromatic nitrogens is 3. The van der Waals surface area contributed by atoms with Gasteiger partial charge in [0.2, 0.25) is 0 Å². The topological polar surface area (TPSA) is 90.1 Å². The fourth-order valence-electron chi connectivity index (χ4n) is 2.86. The molecule has 25 heavy (non-hydrogen) atoms. The summed E-state index contributed by atoms with van der Waals surface area (Å²) in [4.78, 5) is 20.5. The van der Waals surface area contributed by atoms with Gasteiger partial charge < -0.3 is 15.1 Å². The number of anilines is 1. The first-order chi connectivity index (χ1) is 12.1. The van der Waals surface area contributed by atoms with Crippen LogP contribution in [0.5, 0.6) is 0 Å². The van der Waals surface area contributed by atoms with Crippen molar-refractivity contribution in [3.63, 3.8) is 0 Å². The summed E-state index contributed by atoms with van der Waals surface area (Å²) in [7, 11) is 1.88. The number of nitrogens with one attached hydrogen (secondary N) is 1. The number of pyridine rings is 1. The van der Waals surface area contributed by atoms with Crippen LogP contribution in [0.15, 0.2) is 24.5 Å². The zero-order valence-corrected chi connectivity index (χ0v) is 14.4. The van der Waals surface area contributed by atoms with Gasteiger partial charge in [-0.05, 0) is 19.1 Å². The van der Waals surface area contributed by atoms with E-state index in [2.05, 4.69) is 21.5 Å². The van der Waals surface area contributed by atoms with Crippen molar-refractivity contribution in [3.05, 3.63) is 41.3 Å². The molecule has 1 saturated heterocycles. The van der Waals surface area contributed by atoms with Gasteiger partial charge in [-0.25, -0.2) is 9.78 Å². The zero-order chi connectivity index (χ0) is 17.8. The average Bonchev–Trinajstić information content (AvgIpc) is 2.98. The summed E-state index contributed by atoms with van der Waals surface area (Å²) in [5, 5.41) is 16.3. The van der Waals surface area contributed by atoms with Crippen LogP contribution in [0.3, 0.4) is 0 Å². The van der Waals surface area contributed by atoms with Gasteiger partial charge in [-0.1, -0.05) is 0 Å². The molecule has 3 rings (SSSR count). The van der Waals surface area contributed by atoms with Crippen LogP contribution in [0.25, 0.3) is 0 Å². The van der Waals surface area contributed by atoms with Crippen LogP contribution in [-0.4, -0.2) is 51.9 Å². The van der Waals surface area contributed by atoms with Crippen LogP contribution in [-0.2, 0) is 13.6 Å². The predicted molar refractivity (Wildman–Crippen MR) is 92.9 cm³/mol. The van der Waals surface area contributed by atoms with Crippen molar-refractivity contribution >= 4 is 11.8 Å². The molecule has 8 nitrogen and oxygen atoms in total. The third kappa shape index (κ3) is 3.55. The normalized spacial score (nSPS) is 14.3. The van der Waals surface area contributed by atoms with Gasteiger partial charge in [0, 0.05) is 57.2 Å². The molecule has 1 aliphatic heterocycles. The van der Waals surface area contributed by atoms with Crippen LogP contribution in [0.2, 0.25) is 0 Å². The largest absolute Gasteiger partial charge is 0.352 e. The molecule has 3 heterocycles. The number of rotatable bonds is 3. The third-order valence-electron chi connectivity index (χ3n) is 4.54. The van der Waals surface area contributed by atoms with Crippen molar-refractivity contribution in [2.24, 2.45) is 7.05 Å². The van der Waals surface area contributed by atoms with Crippen molar-refractivity contribution in [2.45, 2.75) is 13.5 Å². The molecule has 0 atom stereocenters. The fourth-order valence-corrected chi connectivity index (χ4v) is 2.86. The Balaban J connectivity index is 1.54. The standard InChI is InChI=1S/C17H21N7O/c1-13-15(12-21-22(13)2)11-20-17(25)24-8-6-23(7-9-24)16-14(10-18)4-3-5-19-16/h3-5,12H,6-9,11H2,1-2H3,(H,20,25). The molecule has 0 aromatic carbocycles. The van der Waals surface area contributed by atoms with Crippen LogP contribution >= 0.6 is 0 Å². The number of piperazine rings is 1. The molecule has 0 radical (unpaired) electrons. The van der Waals surface area contributed by atoms with Crippen molar-refractivity contribution in [2.75, 3.05) is 31.1 Å². The number of hydrogen-bond acceptors (Lipinski definition) is 5. The van der Waals surface area contributed by atoms with Crippen molar-refractivity contribution in [1.29, 1.82) is 5.26 Å². The molecule has 0 saturated carbocycles. The van der Waals surface area contributed by atoms with Crippen molar-refractivity contribution in [1.82, 2.24) is 25.0 Å². The Hall–Kier alpha value is -3.08. The van der Waals surface area contributed by atoms with E-state index >= 15 is 0 Å². The van der Waals surface area contributed by atoms with Crippen molar-refractivity contribution < 1.29 is 4.79 Å².